The van der Waals surface area contributed by atoms with Gasteiger partial charge in [-0.25, -0.2) is 8.42 Å². The third-order valence-electron chi connectivity index (χ3n) is 2.94. The number of benzene rings is 1. The van der Waals surface area contributed by atoms with Crippen LogP contribution in [0.15, 0.2) is 18.2 Å². The van der Waals surface area contributed by atoms with E-state index >= 15 is 0 Å². The van der Waals surface area contributed by atoms with E-state index in [0.29, 0.717) is 18.5 Å². The van der Waals surface area contributed by atoms with Crippen molar-refractivity contribution in [3.8, 4) is 0 Å². The number of hydrogen-bond acceptors (Lipinski definition) is 3. The number of alkyl halides is 3. The van der Waals surface area contributed by atoms with Gasteiger partial charge in [-0.15, -0.1) is 0 Å². The van der Waals surface area contributed by atoms with Crippen LogP contribution in [-0.4, -0.2) is 25.7 Å². The van der Waals surface area contributed by atoms with Crippen LogP contribution in [0.4, 0.5) is 13.2 Å². The summed E-state index contributed by atoms with van der Waals surface area (Å²) in [6.45, 7) is 0.810. The van der Waals surface area contributed by atoms with Crippen molar-refractivity contribution in [2.45, 2.75) is 19.1 Å². The van der Waals surface area contributed by atoms with Gasteiger partial charge in [0.15, 0.2) is 10.7 Å². The first-order valence-corrected chi connectivity index (χ1v) is 6.75. The van der Waals surface area contributed by atoms with Gasteiger partial charge in [-0.05, 0) is 29.7 Å². The largest absolute Gasteiger partial charge is 0.416 e. The molecule has 3 nitrogen and oxygen atoms in total. The Morgan fingerprint density at radius 2 is 1.94 bits per heavy atom. The summed E-state index contributed by atoms with van der Waals surface area (Å²) in [6, 6.07) is 3.66. The predicted octanol–water partition coefficient (Wildman–Crippen LogP) is 1.63. The van der Waals surface area contributed by atoms with Crippen molar-refractivity contribution >= 4 is 10.7 Å². The van der Waals surface area contributed by atoms with Gasteiger partial charge in [0.05, 0.1) is 11.4 Å². The third kappa shape index (κ3) is 3.02. The zero-order chi connectivity index (χ0) is 13.3. The van der Waals surface area contributed by atoms with E-state index in [1.54, 1.807) is 4.90 Å². The Morgan fingerprint density at radius 1 is 1.22 bits per heavy atom. The van der Waals surface area contributed by atoms with E-state index in [1.165, 1.54) is 6.07 Å². The summed E-state index contributed by atoms with van der Waals surface area (Å²) in [4.78, 5) is 1.63. The molecule has 0 spiro atoms. The molecule has 1 aliphatic rings. The lowest BCUT2D eigenvalue weighted by Crippen LogP contribution is -2.32. The van der Waals surface area contributed by atoms with E-state index in [1.807, 2.05) is 0 Å². The van der Waals surface area contributed by atoms with Gasteiger partial charge >= 0.3 is 6.18 Å². The lowest BCUT2D eigenvalue weighted by molar-refractivity contribution is -0.137. The van der Waals surface area contributed by atoms with Gasteiger partial charge in [-0.3, -0.25) is 4.90 Å². The van der Waals surface area contributed by atoms with Crippen LogP contribution in [0.25, 0.3) is 0 Å². The standard InChI is InChI=1S/C11H12F3NO2S/c12-11(13,14)10-2-1-8-3-4-15(7-18(16)17)6-9(8)5-10/h1-2,5,18H,3-4,6-7H2. The Labute approximate surface area is 104 Å². The average Bonchev–Trinajstić information content (AvgIpc) is 2.26. The highest BCUT2D eigenvalue weighted by molar-refractivity contribution is 7.72. The van der Waals surface area contributed by atoms with Crippen LogP contribution in [0.5, 0.6) is 0 Å². The fraction of sp³-hybridized carbons (Fsp3) is 0.455. The first kappa shape index (κ1) is 13.4. The quantitative estimate of drug-likeness (QED) is 0.836. The predicted molar refractivity (Wildman–Crippen MR) is 60.7 cm³/mol. The molecule has 0 amide bonds. The van der Waals surface area contributed by atoms with Crippen molar-refractivity contribution < 1.29 is 21.6 Å². The van der Waals surface area contributed by atoms with Gasteiger partial charge in [0.25, 0.3) is 0 Å². The van der Waals surface area contributed by atoms with Crippen LogP contribution >= 0.6 is 0 Å². The summed E-state index contributed by atoms with van der Waals surface area (Å²) in [7, 11) is -2.54. The Morgan fingerprint density at radius 3 is 2.56 bits per heavy atom. The maximum Gasteiger partial charge on any atom is 0.416 e. The molecule has 0 unspecified atom stereocenters. The number of nitrogens with zero attached hydrogens (tertiary/aromatic N) is 1. The zero-order valence-electron chi connectivity index (χ0n) is 9.41. The molecule has 0 atom stereocenters. The molecule has 1 heterocycles. The molecule has 1 aliphatic heterocycles. The van der Waals surface area contributed by atoms with Crippen LogP contribution in [0.3, 0.4) is 0 Å². The molecule has 2 rings (SSSR count). The highest BCUT2D eigenvalue weighted by atomic mass is 32.2. The molecule has 0 N–H and O–H groups in total. The van der Waals surface area contributed by atoms with Gasteiger partial charge in [-0.2, -0.15) is 13.2 Å². The summed E-state index contributed by atoms with van der Waals surface area (Å²) >= 11 is 0. The van der Waals surface area contributed by atoms with E-state index < -0.39 is 22.4 Å². The first-order valence-electron chi connectivity index (χ1n) is 5.39. The van der Waals surface area contributed by atoms with Crippen LogP contribution in [-0.2, 0) is 29.8 Å². The molecule has 0 aliphatic carbocycles. The number of rotatable bonds is 2. The van der Waals surface area contributed by atoms with Crippen molar-refractivity contribution in [3.05, 3.63) is 34.9 Å². The number of fused-ring (bicyclic) bond motifs is 1. The van der Waals surface area contributed by atoms with E-state index in [9.17, 15) is 21.6 Å². The minimum Gasteiger partial charge on any atom is -0.285 e. The fourth-order valence-electron chi connectivity index (χ4n) is 2.08. The molecule has 0 fully saturated rings. The minimum atomic E-state index is -4.36. The number of halogens is 3. The Balaban J connectivity index is 2.24. The molecule has 7 heteroatoms. The normalized spacial score (nSPS) is 16.9. The van der Waals surface area contributed by atoms with Gasteiger partial charge in [-0.1, -0.05) is 6.07 Å². The van der Waals surface area contributed by atoms with Crippen LogP contribution in [0.2, 0.25) is 0 Å². The topological polar surface area (TPSA) is 37.4 Å². The second kappa shape index (κ2) is 4.89. The lowest BCUT2D eigenvalue weighted by Gasteiger charge is -2.27. The van der Waals surface area contributed by atoms with Gasteiger partial charge in [0.2, 0.25) is 0 Å². The van der Waals surface area contributed by atoms with Crippen molar-refractivity contribution in [1.82, 2.24) is 4.90 Å². The smallest absolute Gasteiger partial charge is 0.285 e. The molecule has 18 heavy (non-hydrogen) atoms. The highest BCUT2D eigenvalue weighted by Crippen LogP contribution is 2.32. The maximum atomic E-state index is 12.6. The first-order chi connectivity index (χ1) is 8.36. The van der Waals surface area contributed by atoms with E-state index in [0.717, 1.165) is 17.7 Å². The monoisotopic (exact) mass is 279 g/mol. The van der Waals surface area contributed by atoms with E-state index in [2.05, 4.69) is 0 Å². The van der Waals surface area contributed by atoms with Crippen molar-refractivity contribution in [1.29, 1.82) is 0 Å². The summed E-state index contributed by atoms with van der Waals surface area (Å²) in [6.07, 6.45) is -3.78. The highest BCUT2D eigenvalue weighted by Gasteiger charge is 2.31. The molecule has 1 aromatic carbocycles. The van der Waals surface area contributed by atoms with Crippen molar-refractivity contribution in [2.24, 2.45) is 0 Å². The number of thiol groups is 1. The zero-order valence-corrected chi connectivity index (χ0v) is 10.3. The van der Waals surface area contributed by atoms with Crippen LogP contribution < -0.4 is 0 Å². The second-order valence-electron chi connectivity index (χ2n) is 4.26. The maximum absolute atomic E-state index is 12.6. The van der Waals surface area contributed by atoms with Crippen LogP contribution in [0, 0.1) is 0 Å². The third-order valence-corrected chi connectivity index (χ3v) is 3.57. The summed E-state index contributed by atoms with van der Waals surface area (Å²) in [5.74, 6) is -0.106. The average molecular weight is 279 g/mol. The molecule has 100 valence electrons. The molecule has 1 aromatic rings. The molecule has 0 saturated carbocycles. The lowest BCUT2D eigenvalue weighted by atomic mass is 9.97. The van der Waals surface area contributed by atoms with E-state index in [4.69, 9.17) is 0 Å². The fourth-order valence-corrected chi connectivity index (χ4v) is 2.64. The second-order valence-corrected chi connectivity index (χ2v) is 5.21. The molecule has 0 aromatic heterocycles. The number of hydrogen-bond donors (Lipinski definition) is 1. The Kier molecular flexibility index (Phi) is 3.63. The SMILES string of the molecule is O=[SH](=O)CN1CCc2ccc(C(F)(F)F)cc2C1. The Hall–Kier alpha value is -1.08. The molecule has 0 radical (unpaired) electrons. The summed E-state index contributed by atoms with van der Waals surface area (Å²) in [5.41, 5.74) is 0.739. The van der Waals surface area contributed by atoms with Gasteiger partial charge < -0.3 is 0 Å². The Bertz CT molecular complexity index is 518. The summed E-state index contributed by atoms with van der Waals surface area (Å²) < 4.78 is 58.9. The van der Waals surface area contributed by atoms with Crippen molar-refractivity contribution in [2.75, 3.05) is 12.4 Å². The molecular formula is C11H12F3NO2S. The molecular weight excluding hydrogens is 267 g/mol. The summed E-state index contributed by atoms with van der Waals surface area (Å²) in [5, 5.41) is 0. The van der Waals surface area contributed by atoms with Crippen LogP contribution in [0.1, 0.15) is 16.7 Å². The molecule has 0 saturated heterocycles. The minimum absolute atomic E-state index is 0.106. The van der Waals surface area contributed by atoms with Gasteiger partial charge in [0.1, 0.15) is 0 Å². The van der Waals surface area contributed by atoms with Gasteiger partial charge in [0, 0.05) is 13.1 Å². The van der Waals surface area contributed by atoms with Crippen molar-refractivity contribution in [3.63, 3.8) is 0 Å². The molecule has 0 bridgehead atoms. The van der Waals surface area contributed by atoms with E-state index in [-0.39, 0.29) is 12.4 Å².